The van der Waals surface area contributed by atoms with Gasteiger partial charge in [-0.05, 0) is 164 Å². The molecule has 2 heteroatoms. The van der Waals surface area contributed by atoms with E-state index in [1.54, 1.807) is 109 Å². The molecular formula is C36H62P2. The summed E-state index contributed by atoms with van der Waals surface area (Å²) in [7, 11) is 0.0884. The maximum atomic E-state index is 2.64. The molecule has 38 heavy (non-hydrogen) atoms. The van der Waals surface area contributed by atoms with Gasteiger partial charge in [0.25, 0.3) is 0 Å². The molecule has 216 valence electrons. The molecule has 9 fully saturated rings. The van der Waals surface area contributed by atoms with Gasteiger partial charge in [-0.1, -0.05) is 76.6 Å². The SMILES string of the molecule is CC(C)(C)P(CC(C1CCCCC1)P(C12CC3CC(CC(C3)C1)C2)C12CC3CC(CC(C3)C1)C2)C(C)(C)C. The lowest BCUT2D eigenvalue weighted by molar-refractivity contribution is 0.0173. The summed E-state index contributed by atoms with van der Waals surface area (Å²) < 4.78 is 0. The number of hydrogen-bond donors (Lipinski definition) is 0. The lowest BCUT2D eigenvalue weighted by atomic mass is 9.55. The van der Waals surface area contributed by atoms with Gasteiger partial charge < -0.3 is 0 Å². The molecule has 0 nitrogen and oxygen atoms in total. The zero-order chi connectivity index (χ0) is 26.5. The van der Waals surface area contributed by atoms with E-state index in [0.717, 1.165) is 57.4 Å². The van der Waals surface area contributed by atoms with E-state index in [9.17, 15) is 0 Å². The van der Waals surface area contributed by atoms with Crippen molar-refractivity contribution in [2.75, 3.05) is 6.16 Å². The third-order valence-electron chi connectivity index (χ3n) is 13.5. The highest BCUT2D eigenvalue weighted by molar-refractivity contribution is 7.65. The highest BCUT2D eigenvalue weighted by Crippen LogP contribution is 2.82. The van der Waals surface area contributed by atoms with E-state index in [-0.39, 0.29) is 15.8 Å². The fourth-order valence-corrected chi connectivity index (χ4v) is 24.4. The molecule has 0 radical (unpaired) electrons. The Hall–Kier alpha value is 0.860. The van der Waals surface area contributed by atoms with E-state index in [0.29, 0.717) is 10.3 Å². The monoisotopic (exact) mass is 556 g/mol. The Bertz CT molecular complexity index is 738. The second-order valence-corrected chi connectivity index (χ2v) is 25.8. The third kappa shape index (κ3) is 4.85. The maximum Gasteiger partial charge on any atom is -0.00788 e. The van der Waals surface area contributed by atoms with Gasteiger partial charge in [-0.2, -0.15) is 0 Å². The second-order valence-electron chi connectivity index (χ2n) is 18.6. The predicted molar refractivity (Wildman–Crippen MR) is 170 cm³/mol. The van der Waals surface area contributed by atoms with Crippen LogP contribution in [-0.2, 0) is 0 Å². The Labute approximate surface area is 239 Å². The van der Waals surface area contributed by atoms with E-state index in [4.69, 9.17) is 0 Å². The molecule has 0 spiro atoms. The summed E-state index contributed by atoms with van der Waals surface area (Å²) >= 11 is 0. The van der Waals surface area contributed by atoms with Gasteiger partial charge in [0.2, 0.25) is 0 Å². The molecule has 9 aliphatic rings. The summed E-state index contributed by atoms with van der Waals surface area (Å²) in [5.41, 5.74) is 1.10. The van der Waals surface area contributed by atoms with E-state index in [1.165, 1.54) is 6.42 Å². The molecule has 9 aliphatic carbocycles. The summed E-state index contributed by atoms with van der Waals surface area (Å²) in [5.74, 6) is 7.82. The molecule has 1 unspecified atom stereocenters. The third-order valence-corrected chi connectivity index (χ3v) is 22.2. The van der Waals surface area contributed by atoms with Crippen molar-refractivity contribution in [1.82, 2.24) is 0 Å². The van der Waals surface area contributed by atoms with Gasteiger partial charge in [-0.25, -0.2) is 0 Å². The van der Waals surface area contributed by atoms with Crippen LogP contribution in [0.1, 0.15) is 151 Å². The van der Waals surface area contributed by atoms with E-state index in [1.807, 2.05) is 0 Å². The molecule has 0 heterocycles. The molecule has 8 bridgehead atoms. The summed E-state index contributed by atoms with van der Waals surface area (Å²) in [6.07, 6.45) is 29.4. The van der Waals surface area contributed by atoms with Gasteiger partial charge in [-0.15, -0.1) is 0 Å². The van der Waals surface area contributed by atoms with Crippen molar-refractivity contribution in [1.29, 1.82) is 0 Å². The van der Waals surface area contributed by atoms with Gasteiger partial charge in [0.15, 0.2) is 0 Å². The minimum Gasteiger partial charge on any atom is -0.0950 e. The summed E-state index contributed by atoms with van der Waals surface area (Å²) in [4.78, 5) is 0. The van der Waals surface area contributed by atoms with Crippen LogP contribution in [-0.4, -0.2) is 32.4 Å². The van der Waals surface area contributed by atoms with Crippen molar-refractivity contribution in [2.45, 2.75) is 177 Å². The summed E-state index contributed by atoms with van der Waals surface area (Å²) in [6, 6.07) is 0. The van der Waals surface area contributed by atoms with E-state index >= 15 is 0 Å². The number of hydrogen-bond acceptors (Lipinski definition) is 0. The first kappa shape index (κ1) is 27.7. The van der Waals surface area contributed by atoms with Gasteiger partial charge in [0.1, 0.15) is 0 Å². The molecule has 9 saturated carbocycles. The highest BCUT2D eigenvalue weighted by atomic mass is 31.1. The first-order valence-electron chi connectivity index (χ1n) is 17.5. The Kier molecular flexibility index (Phi) is 7.06. The molecule has 0 amide bonds. The minimum atomic E-state index is -0.00583. The molecule has 0 saturated heterocycles. The standard InChI is InChI=1S/C36H62P2/c1-33(2,3)37(34(4,5)6)24-32(31-10-8-7-9-11-31)38(35-18-25-12-26(19-35)14-27(13-25)20-35)36-21-28-15-29(22-36)17-30(16-28)23-36/h25-32H,7-24H2,1-6H3. The Morgan fingerprint density at radius 1 is 0.553 bits per heavy atom. The van der Waals surface area contributed by atoms with Crippen LogP contribution in [0.15, 0.2) is 0 Å². The first-order chi connectivity index (χ1) is 17.9. The zero-order valence-corrected chi connectivity index (χ0v) is 28.0. The lowest BCUT2D eigenvalue weighted by Crippen LogP contribution is -2.59. The predicted octanol–water partition coefficient (Wildman–Crippen LogP) is 11.4. The topological polar surface area (TPSA) is 0 Å². The molecule has 0 N–H and O–H groups in total. The number of rotatable bonds is 6. The quantitative estimate of drug-likeness (QED) is 0.285. The van der Waals surface area contributed by atoms with Crippen LogP contribution in [0.25, 0.3) is 0 Å². The molecular weight excluding hydrogens is 494 g/mol. The van der Waals surface area contributed by atoms with Crippen LogP contribution in [0.3, 0.4) is 0 Å². The minimum absolute atomic E-state index is 0.00583. The van der Waals surface area contributed by atoms with Gasteiger partial charge >= 0.3 is 0 Å². The molecule has 0 aromatic carbocycles. The van der Waals surface area contributed by atoms with Gasteiger partial charge in [0.05, 0.1) is 0 Å². The molecule has 0 aromatic rings. The fraction of sp³-hybridized carbons (Fsp3) is 1.00. The fourth-order valence-electron chi connectivity index (χ4n) is 13.6. The van der Waals surface area contributed by atoms with Crippen LogP contribution in [0.5, 0.6) is 0 Å². The van der Waals surface area contributed by atoms with Crippen molar-refractivity contribution < 1.29 is 0 Å². The van der Waals surface area contributed by atoms with Crippen LogP contribution < -0.4 is 0 Å². The molecule has 1 atom stereocenters. The average molecular weight is 557 g/mol. The van der Waals surface area contributed by atoms with Crippen molar-refractivity contribution >= 4 is 15.8 Å². The van der Waals surface area contributed by atoms with Gasteiger partial charge in [0, 0.05) is 0 Å². The normalized spacial score (nSPS) is 46.2. The van der Waals surface area contributed by atoms with Crippen LogP contribution in [0, 0.1) is 41.4 Å². The van der Waals surface area contributed by atoms with Crippen LogP contribution in [0.2, 0.25) is 0 Å². The molecule has 0 aliphatic heterocycles. The van der Waals surface area contributed by atoms with Crippen molar-refractivity contribution in [3.8, 4) is 0 Å². The largest absolute Gasteiger partial charge is 0.0950 e. The molecule has 0 aromatic heterocycles. The first-order valence-corrected chi connectivity index (χ1v) is 20.4. The van der Waals surface area contributed by atoms with Crippen molar-refractivity contribution in [3.05, 3.63) is 0 Å². The Balaban J connectivity index is 1.35. The zero-order valence-electron chi connectivity index (χ0n) is 26.2. The maximum absolute atomic E-state index is 2.64. The van der Waals surface area contributed by atoms with Crippen molar-refractivity contribution in [2.24, 2.45) is 41.4 Å². The average Bonchev–Trinajstić information content (AvgIpc) is 2.78. The molecule has 9 rings (SSSR count). The van der Waals surface area contributed by atoms with Crippen molar-refractivity contribution in [3.63, 3.8) is 0 Å². The van der Waals surface area contributed by atoms with E-state index in [2.05, 4.69) is 41.5 Å². The van der Waals surface area contributed by atoms with E-state index < -0.39 is 0 Å². The summed E-state index contributed by atoms with van der Waals surface area (Å²) in [5, 5.41) is 2.55. The highest BCUT2D eigenvalue weighted by Gasteiger charge is 2.65. The second kappa shape index (κ2) is 9.69. The Morgan fingerprint density at radius 2 is 0.895 bits per heavy atom. The lowest BCUT2D eigenvalue weighted by Gasteiger charge is -2.70. The smallest absolute Gasteiger partial charge is 0.00788 e. The summed E-state index contributed by atoms with van der Waals surface area (Å²) in [6.45, 7) is 15.8. The van der Waals surface area contributed by atoms with Gasteiger partial charge in [-0.3, -0.25) is 0 Å². The van der Waals surface area contributed by atoms with Crippen LogP contribution >= 0.6 is 15.8 Å². The van der Waals surface area contributed by atoms with Crippen LogP contribution in [0.4, 0.5) is 0 Å². The Morgan fingerprint density at radius 3 is 1.21 bits per heavy atom.